The van der Waals surface area contributed by atoms with E-state index in [1.54, 1.807) is 0 Å². The first-order chi connectivity index (χ1) is 9.01. The summed E-state index contributed by atoms with van der Waals surface area (Å²) in [6.45, 7) is 0.743. The highest BCUT2D eigenvalue weighted by Crippen LogP contribution is 2.25. The van der Waals surface area contributed by atoms with Crippen LogP contribution in [-0.2, 0) is 0 Å². The van der Waals surface area contributed by atoms with Crippen molar-refractivity contribution in [1.29, 1.82) is 0 Å². The van der Waals surface area contributed by atoms with Gasteiger partial charge in [-0.2, -0.15) is 0 Å². The van der Waals surface area contributed by atoms with Gasteiger partial charge in [0.15, 0.2) is 5.13 Å². The molecule has 0 spiro atoms. The molecule has 0 saturated heterocycles. The van der Waals surface area contributed by atoms with Gasteiger partial charge in [0.25, 0.3) is 5.91 Å². The Labute approximate surface area is 114 Å². The minimum atomic E-state index is -1.48. The number of aromatic nitrogens is 1. The van der Waals surface area contributed by atoms with Crippen LogP contribution in [0.2, 0.25) is 0 Å². The summed E-state index contributed by atoms with van der Waals surface area (Å²) in [7, 11) is 0. The van der Waals surface area contributed by atoms with Gasteiger partial charge in [-0.3, -0.25) is 4.79 Å². The topological polar surface area (TPSA) is 141 Å². The fraction of sp³-hybridized carbons (Fsp3) is 0.600. The van der Waals surface area contributed by atoms with E-state index in [0.29, 0.717) is 11.7 Å². The zero-order chi connectivity index (χ0) is 14.5. The van der Waals surface area contributed by atoms with Crippen molar-refractivity contribution in [3.8, 4) is 0 Å². The number of thiazole rings is 1. The Bertz CT molecular complexity index is 425. The molecule has 19 heavy (non-hydrogen) atoms. The molecular weight excluding hydrogens is 272 g/mol. The third kappa shape index (κ3) is 3.53. The lowest BCUT2D eigenvalue weighted by Crippen LogP contribution is -2.57. The first kappa shape index (κ1) is 15.6. The molecule has 8 nitrogen and oxygen atoms in total. The number of nitrogen functional groups attached to an aromatic ring is 1. The van der Waals surface area contributed by atoms with Crippen molar-refractivity contribution < 1.29 is 20.1 Å². The second kappa shape index (κ2) is 6.66. The number of carbonyl (C=O) groups is 1. The van der Waals surface area contributed by atoms with Gasteiger partial charge in [-0.05, 0) is 6.92 Å². The highest BCUT2D eigenvalue weighted by atomic mass is 32.1. The maximum atomic E-state index is 12.0. The summed E-state index contributed by atoms with van der Waals surface area (Å²) in [4.78, 5) is 16.1. The van der Waals surface area contributed by atoms with Gasteiger partial charge in [0.2, 0.25) is 0 Å². The molecule has 7 N–H and O–H groups in total. The summed E-state index contributed by atoms with van der Waals surface area (Å²) in [6, 6.07) is 0. The minimum Gasteiger partial charge on any atom is -0.394 e. The van der Waals surface area contributed by atoms with Gasteiger partial charge < -0.3 is 31.7 Å². The van der Waals surface area contributed by atoms with Crippen molar-refractivity contribution in [2.45, 2.75) is 12.5 Å². The minimum absolute atomic E-state index is 0.0566. The molecule has 1 heterocycles. The van der Waals surface area contributed by atoms with Gasteiger partial charge in [-0.15, -0.1) is 0 Å². The van der Waals surface area contributed by atoms with Crippen LogP contribution >= 0.6 is 11.3 Å². The van der Waals surface area contributed by atoms with Crippen LogP contribution in [0.1, 0.15) is 16.6 Å². The predicted octanol–water partition coefficient (Wildman–Crippen LogP) is -1.40. The summed E-state index contributed by atoms with van der Waals surface area (Å²) in [6.07, 6.45) is 0. The zero-order valence-corrected chi connectivity index (χ0v) is 11.3. The third-order valence-electron chi connectivity index (χ3n) is 2.47. The summed E-state index contributed by atoms with van der Waals surface area (Å²) >= 11 is 1.06. The Kier molecular flexibility index (Phi) is 5.48. The van der Waals surface area contributed by atoms with E-state index in [0.717, 1.165) is 11.3 Å². The van der Waals surface area contributed by atoms with Crippen molar-refractivity contribution in [2.75, 3.05) is 37.4 Å². The number of nitrogens with one attached hydrogen (secondary N) is 2. The molecule has 1 aromatic rings. The average molecular weight is 290 g/mol. The largest absolute Gasteiger partial charge is 0.394 e. The first-order valence-corrected chi connectivity index (χ1v) is 6.48. The number of nitrogens with zero attached hydrogens (tertiary/aromatic N) is 1. The van der Waals surface area contributed by atoms with E-state index in [4.69, 9.17) is 21.1 Å². The number of carbonyl (C=O) groups excluding carboxylic acids is 1. The molecule has 0 saturated carbocycles. The van der Waals surface area contributed by atoms with Crippen LogP contribution in [0.15, 0.2) is 0 Å². The summed E-state index contributed by atoms with van der Waals surface area (Å²) in [5.41, 5.74) is 4.15. The van der Waals surface area contributed by atoms with Gasteiger partial charge in [-0.1, -0.05) is 11.3 Å². The Morgan fingerprint density at radius 3 is 2.42 bits per heavy atom. The molecule has 0 aliphatic heterocycles. The average Bonchev–Trinajstić information content (AvgIpc) is 2.77. The smallest absolute Gasteiger partial charge is 0.265 e. The van der Waals surface area contributed by atoms with Gasteiger partial charge >= 0.3 is 0 Å². The lowest BCUT2D eigenvalue weighted by Gasteiger charge is -2.28. The van der Waals surface area contributed by atoms with E-state index in [9.17, 15) is 4.79 Å². The molecule has 0 radical (unpaired) electrons. The molecule has 1 rings (SSSR count). The van der Waals surface area contributed by atoms with Crippen LogP contribution in [0.3, 0.4) is 0 Å². The molecule has 1 amide bonds. The fourth-order valence-electron chi connectivity index (χ4n) is 1.29. The first-order valence-electron chi connectivity index (χ1n) is 5.67. The zero-order valence-electron chi connectivity index (χ0n) is 10.5. The normalized spacial score (nSPS) is 11.4. The summed E-state index contributed by atoms with van der Waals surface area (Å²) in [5, 5.41) is 33.2. The van der Waals surface area contributed by atoms with Crippen LogP contribution in [0.25, 0.3) is 0 Å². The molecule has 0 atom stereocenters. The maximum absolute atomic E-state index is 12.0. The highest BCUT2D eigenvalue weighted by Gasteiger charge is 2.31. The Balaban J connectivity index is 2.88. The van der Waals surface area contributed by atoms with Crippen molar-refractivity contribution in [3.63, 3.8) is 0 Å². The molecule has 0 bridgehead atoms. The van der Waals surface area contributed by atoms with E-state index in [1.165, 1.54) is 0 Å². The van der Waals surface area contributed by atoms with E-state index in [1.807, 2.05) is 6.92 Å². The van der Waals surface area contributed by atoms with Crippen LogP contribution in [0.5, 0.6) is 0 Å². The van der Waals surface area contributed by atoms with Crippen LogP contribution < -0.4 is 16.4 Å². The second-order valence-electron chi connectivity index (χ2n) is 3.97. The quantitative estimate of drug-likeness (QED) is 0.363. The second-order valence-corrected chi connectivity index (χ2v) is 4.97. The monoisotopic (exact) mass is 290 g/mol. The standard InChI is InChI=1S/C10H18N4O4S/c1-2-12-9-13-7(11)6(19-9)8(18)14-10(3-15,4-16)5-17/h15-17H,2-5,11H2,1H3,(H,12,13)(H,14,18). The van der Waals surface area contributed by atoms with Gasteiger partial charge in [0.1, 0.15) is 16.2 Å². The molecule has 9 heteroatoms. The Morgan fingerprint density at radius 2 is 1.95 bits per heavy atom. The molecular formula is C10H18N4O4S. The van der Waals surface area contributed by atoms with Crippen LogP contribution in [0, 0.1) is 0 Å². The van der Waals surface area contributed by atoms with Gasteiger partial charge in [-0.25, -0.2) is 4.98 Å². The van der Waals surface area contributed by atoms with E-state index in [-0.39, 0.29) is 10.7 Å². The molecule has 0 unspecified atom stereocenters. The highest BCUT2D eigenvalue weighted by molar-refractivity contribution is 7.18. The van der Waals surface area contributed by atoms with E-state index in [2.05, 4.69) is 15.6 Å². The lowest BCUT2D eigenvalue weighted by molar-refractivity contribution is 0.0377. The lowest BCUT2D eigenvalue weighted by atomic mass is 10.0. The molecule has 1 aromatic heterocycles. The van der Waals surface area contributed by atoms with Crippen LogP contribution in [0.4, 0.5) is 10.9 Å². The number of rotatable bonds is 7. The number of amides is 1. The SMILES string of the molecule is CCNc1nc(N)c(C(=O)NC(CO)(CO)CO)s1. The van der Waals surface area contributed by atoms with Crippen LogP contribution in [-0.4, -0.2) is 58.1 Å². The number of anilines is 2. The van der Waals surface area contributed by atoms with Gasteiger partial charge in [0, 0.05) is 6.54 Å². The third-order valence-corrected chi connectivity index (χ3v) is 3.50. The summed E-state index contributed by atoms with van der Waals surface area (Å²) in [5.74, 6) is -0.544. The van der Waals surface area contributed by atoms with Crippen molar-refractivity contribution in [2.24, 2.45) is 0 Å². The van der Waals surface area contributed by atoms with Crippen molar-refractivity contribution >= 4 is 28.2 Å². The van der Waals surface area contributed by atoms with Gasteiger partial charge in [0.05, 0.1) is 19.8 Å². The molecule has 108 valence electrons. The molecule has 0 aliphatic carbocycles. The fourth-order valence-corrected chi connectivity index (χ4v) is 2.14. The number of nitrogens with two attached hydrogens (primary N) is 1. The Morgan fingerprint density at radius 1 is 1.37 bits per heavy atom. The van der Waals surface area contributed by atoms with E-state index < -0.39 is 31.3 Å². The molecule has 0 aromatic carbocycles. The molecule has 0 fully saturated rings. The number of hydrogen-bond acceptors (Lipinski definition) is 8. The maximum Gasteiger partial charge on any atom is 0.265 e. The Hall–Kier alpha value is -1.42. The van der Waals surface area contributed by atoms with Crippen molar-refractivity contribution in [3.05, 3.63) is 4.88 Å². The predicted molar refractivity (Wildman–Crippen MR) is 72.1 cm³/mol. The van der Waals surface area contributed by atoms with E-state index >= 15 is 0 Å². The molecule has 0 aliphatic rings. The number of aliphatic hydroxyl groups excluding tert-OH is 3. The number of aliphatic hydroxyl groups is 3. The van der Waals surface area contributed by atoms with Crippen molar-refractivity contribution in [1.82, 2.24) is 10.3 Å². The number of hydrogen-bond donors (Lipinski definition) is 6. The summed E-state index contributed by atoms with van der Waals surface area (Å²) < 4.78 is 0.